The van der Waals surface area contributed by atoms with Gasteiger partial charge in [-0.1, -0.05) is 23.7 Å². The van der Waals surface area contributed by atoms with Crippen molar-refractivity contribution in [1.29, 1.82) is 0 Å². The predicted molar refractivity (Wildman–Crippen MR) is 104 cm³/mol. The van der Waals surface area contributed by atoms with Gasteiger partial charge in [-0.15, -0.1) is 0 Å². The lowest BCUT2D eigenvalue weighted by Crippen LogP contribution is -2.29. The second-order valence-electron chi connectivity index (χ2n) is 5.90. The number of hydrogen-bond donors (Lipinski definition) is 2. The molecule has 0 aliphatic carbocycles. The van der Waals surface area contributed by atoms with E-state index in [1.807, 2.05) is 0 Å². The number of esters is 1. The van der Waals surface area contributed by atoms with E-state index in [1.54, 1.807) is 31.2 Å². The third-order valence-corrected chi connectivity index (χ3v) is 4.85. The molecule has 0 spiro atoms. The van der Waals surface area contributed by atoms with Crippen LogP contribution in [0, 0.1) is 6.92 Å². The highest BCUT2D eigenvalue weighted by Crippen LogP contribution is 2.20. The van der Waals surface area contributed by atoms with Gasteiger partial charge in [-0.2, -0.15) is 0 Å². The van der Waals surface area contributed by atoms with Crippen molar-refractivity contribution in [2.75, 3.05) is 11.9 Å². The summed E-state index contributed by atoms with van der Waals surface area (Å²) in [7, 11) is -3.92. The highest BCUT2D eigenvalue weighted by atomic mass is 35.5. The van der Waals surface area contributed by atoms with E-state index >= 15 is 0 Å². The molecule has 0 fully saturated rings. The molecule has 1 amide bonds. The smallest absolute Gasteiger partial charge is 0.347 e. The van der Waals surface area contributed by atoms with Gasteiger partial charge in [0.2, 0.25) is 10.0 Å². The largest absolute Gasteiger partial charge is 0.479 e. The Morgan fingerprint density at radius 2 is 1.93 bits per heavy atom. The zero-order valence-electron chi connectivity index (χ0n) is 15.1. The van der Waals surface area contributed by atoms with E-state index in [-0.39, 0.29) is 10.6 Å². The molecule has 1 unspecified atom stereocenters. The van der Waals surface area contributed by atoms with Crippen LogP contribution in [0.15, 0.2) is 47.4 Å². The van der Waals surface area contributed by atoms with E-state index in [0.717, 1.165) is 0 Å². The van der Waals surface area contributed by atoms with Crippen molar-refractivity contribution in [1.82, 2.24) is 0 Å². The van der Waals surface area contributed by atoms with Crippen LogP contribution in [0.1, 0.15) is 12.5 Å². The highest BCUT2D eigenvalue weighted by molar-refractivity contribution is 7.89. The molecule has 0 bridgehead atoms. The summed E-state index contributed by atoms with van der Waals surface area (Å²) in [5, 5.41) is 8.02. The molecule has 10 heteroatoms. The lowest BCUT2D eigenvalue weighted by atomic mass is 10.2. The number of primary sulfonamides is 1. The number of carbonyl (C=O) groups is 2. The Labute approximate surface area is 167 Å². The summed E-state index contributed by atoms with van der Waals surface area (Å²) in [4.78, 5) is 23.8. The number of rotatable bonds is 7. The summed E-state index contributed by atoms with van der Waals surface area (Å²) in [6.07, 6.45) is -0.959. The zero-order chi connectivity index (χ0) is 20.9. The first-order valence-corrected chi connectivity index (χ1v) is 10.0. The molecule has 8 nitrogen and oxygen atoms in total. The van der Waals surface area contributed by atoms with E-state index in [2.05, 4.69) is 5.32 Å². The maximum Gasteiger partial charge on any atom is 0.347 e. The van der Waals surface area contributed by atoms with Gasteiger partial charge in [0.15, 0.2) is 12.7 Å². The number of halogens is 1. The Hall–Kier alpha value is -2.62. The fourth-order valence-corrected chi connectivity index (χ4v) is 3.22. The first-order chi connectivity index (χ1) is 13.1. The zero-order valence-corrected chi connectivity index (χ0v) is 16.7. The molecule has 1 atom stereocenters. The first-order valence-electron chi connectivity index (χ1n) is 8.08. The van der Waals surface area contributed by atoms with Gasteiger partial charge in [-0.3, -0.25) is 4.79 Å². The van der Waals surface area contributed by atoms with Gasteiger partial charge in [0.25, 0.3) is 5.91 Å². The molecule has 28 heavy (non-hydrogen) atoms. The van der Waals surface area contributed by atoms with Crippen LogP contribution in [0.3, 0.4) is 0 Å². The van der Waals surface area contributed by atoms with E-state index in [0.29, 0.717) is 16.3 Å². The Balaban J connectivity index is 1.90. The van der Waals surface area contributed by atoms with Crippen molar-refractivity contribution in [2.45, 2.75) is 24.8 Å². The van der Waals surface area contributed by atoms with Crippen LogP contribution in [-0.4, -0.2) is 33.0 Å². The minimum absolute atomic E-state index is 0.106. The number of sulfonamides is 1. The van der Waals surface area contributed by atoms with Crippen molar-refractivity contribution in [2.24, 2.45) is 5.14 Å². The number of amides is 1. The van der Waals surface area contributed by atoms with Gasteiger partial charge < -0.3 is 14.8 Å². The normalized spacial score (nSPS) is 12.1. The minimum atomic E-state index is -3.92. The molecule has 150 valence electrons. The van der Waals surface area contributed by atoms with E-state index in [9.17, 15) is 18.0 Å². The highest BCUT2D eigenvalue weighted by Gasteiger charge is 2.18. The summed E-state index contributed by atoms with van der Waals surface area (Å²) < 4.78 is 33.4. The number of nitrogens with two attached hydrogens (primary N) is 1. The second kappa shape index (κ2) is 9.05. The van der Waals surface area contributed by atoms with Crippen LogP contribution in [0.4, 0.5) is 5.69 Å². The summed E-state index contributed by atoms with van der Waals surface area (Å²) in [6, 6.07) is 10.7. The quantitative estimate of drug-likeness (QED) is 0.654. The van der Waals surface area contributed by atoms with Gasteiger partial charge in [-0.25, -0.2) is 18.4 Å². The minimum Gasteiger partial charge on any atom is -0.479 e. The van der Waals surface area contributed by atoms with Crippen molar-refractivity contribution < 1.29 is 27.5 Å². The lowest BCUT2D eigenvalue weighted by molar-refractivity contribution is -0.153. The molecule has 2 aromatic rings. The number of carbonyl (C=O) groups excluding carboxylic acids is 2. The Kier molecular flexibility index (Phi) is 7.00. The van der Waals surface area contributed by atoms with Crippen molar-refractivity contribution in [3.8, 4) is 5.75 Å². The SMILES string of the molecule is Cc1ccc(NC(=O)COC(=O)C(C)Oc2cccc(Cl)c2)cc1S(N)(=O)=O. The van der Waals surface area contributed by atoms with Crippen LogP contribution < -0.4 is 15.2 Å². The number of hydrogen-bond acceptors (Lipinski definition) is 6. The van der Waals surface area contributed by atoms with Gasteiger partial charge in [0.1, 0.15) is 5.75 Å². The number of nitrogens with one attached hydrogen (secondary N) is 1. The van der Waals surface area contributed by atoms with Crippen molar-refractivity contribution in [3.05, 3.63) is 53.1 Å². The van der Waals surface area contributed by atoms with Crippen LogP contribution in [0.5, 0.6) is 5.75 Å². The average molecular weight is 427 g/mol. The average Bonchev–Trinajstić information content (AvgIpc) is 2.60. The third-order valence-electron chi connectivity index (χ3n) is 3.56. The van der Waals surface area contributed by atoms with Gasteiger partial charge in [0.05, 0.1) is 4.90 Å². The molecule has 0 aliphatic heterocycles. The maximum atomic E-state index is 12.0. The Morgan fingerprint density at radius 1 is 1.21 bits per heavy atom. The third kappa shape index (κ3) is 6.22. The summed E-state index contributed by atoms with van der Waals surface area (Å²) >= 11 is 5.84. The van der Waals surface area contributed by atoms with E-state index in [4.69, 9.17) is 26.2 Å². The topological polar surface area (TPSA) is 125 Å². The van der Waals surface area contributed by atoms with Crippen LogP contribution >= 0.6 is 11.6 Å². The molecule has 3 N–H and O–H groups in total. The monoisotopic (exact) mass is 426 g/mol. The molecule has 2 aromatic carbocycles. The fourth-order valence-electron chi connectivity index (χ4n) is 2.23. The Morgan fingerprint density at radius 3 is 2.57 bits per heavy atom. The molecular weight excluding hydrogens is 408 g/mol. The van der Waals surface area contributed by atoms with Crippen LogP contribution in [0.2, 0.25) is 5.02 Å². The van der Waals surface area contributed by atoms with Crippen LogP contribution in [0.25, 0.3) is 0 Å². The molecular formula is C18H19ClN2O6S. The fraction of sp³-hybridized carbons (Fsp3) is 0.222. The van der Waals surface area contributed by atoms with Gasteiger partial charge >= 0.3 is 5.97 Å². The molecule has 0 saturated heterocycles. The first kappa shape index (κ1) is 21.7. The van der Waals surface area contributed by atoms with Crippen molar-refractivity contribution >= 4 is 39.2 Å². The predicted octanol–water partition coefficient (Wildman–Crippen LogP) is 2.25. The molecule has 2 rings (SSSR count). The summed E-state index contributed by atoms with van der Waals surface area (Å²) in [6.45, 7) is 2.48. The van der Waals surface area contributed by atoms with Crippen LogP contribution in [-0.2, 0) is 24.3 Å². The standard InChI is InChI=1S/C18H19ClN2O6S/c1-11-6-7-14(9-16(11)28(20,24)25)21-17(22)10-26-18(23)12(2)27-15-5-3-4-13(19)8-15/h3-9,12H,10H2,1-2H3,(H,21,22)(H2,20,24,25). The molecule has 0 aliphatic rings. The molecule has 0 heterocycles. The van der Waals surface area contributed by atoms with E-state index in [1.165, 1.54) is 25.1 Å². The number of aryl methyl sites for hydroxylation is 1. The lowest BCUT2D eigenvalue weighted by Gasteiger charge is -2.14. The summed E-state index contributed by atoms with van der Waals surface area (Å²) in [5.74, 6) is -1.01. The second-order valence-corrected chi connectivity index (χ2v) is 7.86. The van der Waals surface area contributed by atoms with E-state index < -0.39 is 34.6 Å². The molecule has 0 radical (unpaired) electrons. The maximum absolute atomic E-state index is 12.0. The summed E-state index contributed by atoms with van der Waals surface area (Å²) in [5.41, 5.74) is 0.651. The number of ether oxygens (including phenoxy) is 2. The molecule has 0 aromatic heterocycles. The Bertz CT molecular complexity index is 993. The van der Waals surface area contributed by atoms with Gasteiger partial charge in [0, 0.05) is 10.7 Å². The molecule has 0 saturated carbocycles. The number of benzene rings is 2. The number of anilines is 1. The van der Waals surface area contributed by atoms with Gasteiger partial charge in [-0.05, 0) is 49.7 Å². The van der Waals surface area contributed by atoms with Crippen molar-refractivity contribution in [3.63, 3.8) is 0 Å².